The number of aryl methyl sites for hydroxylation is 3. The molecular formula is C20H26F3O4PS. The molecule has 0 fully saturated rings. The largest absolute Gasteiger partial charge is 0.448 e. The lowest BCUT2D eigenvalue weighted by atomic mass is 9.89. The van der Waals surface area contributed by atoms with Gasteiger partial charge in [0, 0.05) is 6.66 Å². The van der Waals surface area contributed by atoms with E-state index in [0.717, 1.165) is 23.1 Å². The summed E-state index contributed by atoms with van der Waals surface area (Å²) >= 11 is 5.19. The Bertz CT molecular complexity index is 890. The van der Waals surface area contributed by atoms with Crippen LogP contribution in [0.25, 0.3) is 5.57 Å². The summed E-state index contributed by atoms with van der Waals surface area (Å²) in [5.74, 6) is -0.463. The molecule has 0 spiro atoms. The number of carbonyl (C=O) groups excluding carboxylic acids is 1. The lowest BCUT2D eigenvalue weighted by Crippen LogP contribution is -2.24. The second-order valence-electron chi connectivity index (χ2n) is 7.51. The van der Waals surface area contributed by atoms with Gasteiger partial charge >= 0.3 is 12.1 Å². The summed E-state index contributed by atoms with van der Waals surface area (Å²) in [6.45, 7) is 5.61. The first-order valence-corrected chi connectivity index (χ1v) is 12.4. The van der Waals surface area contributed by atoms with E-state index in [1.54, 1.807) is 13.8 Å². The van der Waals surface area contributed by atoms with E-state index in [2.05, 4.69) is 0 Å². The molecule has 1 aliphatic heterocycles. The Morgan fingerprint density at radius 2 is 1.83 bits per heavy atom. The van der Waals surface area contributed by atoms with Crippen molar-refractivity contribution in [2.75, 3.05) is 13.3 Å². The molecule has 0 saturated carbocycles. The highest BCUT2D eigenvalue weighted by atomic mass is 32.5. The fourth-order valence-electron chi connectivity index (χ4n) is 3.26. The molecule has 2 rings (SSSR count). The van der Waals surface area contributed by atoms with Gasteiger partial charge in [0.1, 0.15) is 5.57 Å². The Hall–Kier alpha value is -1.37. The molecule has 29 heavy (non-hydrogen) atoms. The van der Waals surface area contributed by atoms with Crippen molar-refractivity contribution in [3.63, 3.8) is 0 Å². The maximum Gasteiger partial charge on any atom is 0.412 e. The highest BCUT2D eigenvalue weighted by molar-refractivity contribution is 8.09. The molecule has 0 N–H and O–H groups in total. The molecule has 1 aromatic rings. The number of alkyl halides is 3. The van der Waals surface area contributed by atoms with Crippen molar-refractivity contribution in [1.29, 1.82) is 0 Å². The van der Waals surface area contributed by atoms with Crippen LogP contribution in [-0.2, 0) is 43.2 Å². The maximum atomic E-state index is 12.8. The van der Waals surface area contributed by atoms with Crippen molar-refractivity contribution in [1.82, 2.24) is 0 Å². The highest BCUT2D eigenvalue weighted by Crippen LogP contribution is 2.53. The van der Waals surface area contributed by atoms with Crippen LogP contribution in [0.2, 0.25) is 0 Å². The Morgan fingerprint density at radius 1 is 1.21 bits per heavy atom. The zero-order chi connectivity index (χ0) is 22.2. The number of rotatable bonds is 7. The third-order valence-corrected chi connectivity index (χ3v) is 6.21. The number of esters is 1. The third kappa shape index (κ3) is 5.62. The van der Waals surface area contributed by atoms with E-state index in [-0.39, 0.29) is 11.3 Å². The highest BCUT2D eigenvalue weighted by Gasteiger charge is 2.46. The van der Waals surface area contributed by atoms with Crippen LogP contribution < -0.4 is 0 Å². The Kier molecular flexibility index (Phi) is 6.93. The summed E-state index contributed by atoms with van der Waals surface area (Å²) in [5, 5.41) is 0. The smallest absolute Gasteiger partial charge is 0.412 e. The van der Waals surface area contributed by atoms with Gasteiger partial charge in [0.05, 0.1) is 0 Å². The quantitative estimate of drug-likeness (QED) is 0.394. The van der Waals surface area contributed by atoms with Crippen LogP contribution in [0.1, 0.15) is 49.9 Å². The zero-order valence-corrected chi connectivity index (χ0v) is 19.1. The molecule has 1 atom stereocenters. The first-order valence-electron chi connectivity index (χ1n) is 9.30. The van der Waals surface area contributed by atoms with Gasteiger partial charge in [0.25, 0.3) is 0 Å². The normalized spacial score (nSPS) is 18.6. The molecule has 1 unspecified atom stereocenters. The standard InChI is InChI=1S/C20H26F3O4PS/c1-7-13-9-12(3)15(14(8-2)10-13)16-17(19(4,5)26-18(16)24)27-28(6,29)25-11-20(21,22)23/h9-10H,7-8,11H2,1-6H3. The number of hydrogen-bond donors (Lipinski definition) is 0. The predicted molar refractivity (Wildman–Crippen MR) is 110 cm³/mol. The lowest BCUT2D eigenvalue weighted by molar-refractivity contribution is -0.153. The maximum absolute atomic E-state index is 12.8. The van der Waals surface area contributed by atoms with Crippen LogP contribution in [-0.4, -0.2) is 31.0 Å². The number of halogens is 3. The van der Waals surface area contributed by atoms with E-state index in [4.69, 9.17) is 25.6 Å². The van der Waals surface area contributed by atoms with Crippen LogP contribution in [0.4, 0.5) is 13.2 Å². The van der Waals surface area contributed by atoms with E-state index in [1.807, 2.05) is 32.9 Å². The van der Waals surface area contributed by atoms with E-state index in [0.29, 0.717) is 12.0 Å². The van der Waals surface area contributed by atoms with E-state index >= 15 is 0 Å². The average Bonchev–Trinajstić information content (AvgIpc) is 2.80. The number of benzene rings is 1. The van der Waals surface area contributed by atoms with Crippen LogP contribution in [0.5, 0.6) is 0 Å². The second-order valence-corrected chi connectivity index (χ2v) is 11.5. The average molecular weight is 450 g/mol. The van der Waals surface area contributed by atoms with Crippen molar-refractivity contribution in [2.45, 2.75) is 59.2 Å². The van der Waals surface area contributed by atoms with E-state index in [9.17, 15) is 18.0 Å². The Balaban J connectivity index is 2.60. The lowest BCUT2D eigenvalue weighted by Gasteiger charge is -2.27. The molecule has 4 nitrogen and oxygen atoms in total. The molecule has 9 heteroatoms. The predicted octanol–water partition coefficient (Wildman–Crippen LogP) is 5.70. The van der Waals surface area contributed by atoms with Crippen LogP contribution >= 0.6 is 6.49 Å². The van der Waals surface area contributed by atoms with Gasteiger partial charge in [-0.1, -0.05) is 26.0 Å². The third-order valence-electron chi connectivity index (χ3n) is 4.56. The van der Waals surface area contributed by atoms with Crippen molar-refractivity contribution in [3.8, 4) is 0 Å². The monoisotopic (exact) mass is 450 g/mol. The minimum absolute atomic E-state index is 0.123. The second kappa shape index (κ2) is 8.40. The van der Waals surface area contributed by atoms with Gasteiger partial charge in [-0.3, -0.25) is 0 Å². The van der Waals surface area contributed by atoms with Crippen molar-refractivity contribution >= 4 is 29.8 Å². The van der Waals surface area contributed by atoms with Crippen molar-refractivity contribution in [3.05, 3.63) is 40.1 Å². The summed E-state index contributed by atoms with van der Waals surface area (Å²) in [7, 11) is 0. The molecule has 1 heterocycles. The summed E-state index contributed by atoms with van der Waals surface area (Å²) in [6.07, 6.45) is -3.02. The zero-order valence-electron chi connectivity index (χ0n) is 17.4. The van der Waals surface area contributed by atoms with Crippen molar-refractivity contribution in [2.24, 2.45) is 0 Å². The fourth-order valence-corrected chi connectivity index (χ4v) is 4.72. The van der Waals surface area contributed by atoms with Gasteiger partial charge in [-0.25, -0.2) is 4.79 Å². The SMILES string of the molecule is CCc1cc(C)c(C2=C(OP(C)(=S)OCC(F)(F)F)C(C)(C)OC2=O)c(CC)c1. The molecule has 0 radical (unpaired) electrons. The molecule has 1 aliphatic rings. The minimum atomic E-state index is -4.53. The van der Waals surface area contributed by atoms with Crippen LogP contribution in [0.3, 0.4) is 0 Å². The van der Waals surface area contributed by atoms with Crippen LogP contribution in [0, 0.1) is 6.92 Å². The number of hydrogen-bond acceptors (Lipinski definition) is 5. The topological polar surface area (TPSA) is 44.8 Å². The van der Waals surface area contributed by atoms with Gasteiger partial charge in [-0.2, -0.15) is 13.2 Å². The van der Waals surface area contributed by atoms with Crippen molar-refractivity contribution < 1.29 is 31.8 Å². The molecule has 0 bridgehead atoms. The number of carbonyl (C=O) groups is 1. The number of cyclic esters (lactones) is 1. The fraction of sp³-hybridized carbons (Fsp3) is 0.550. The molecule has 0 saturated heterocycles. The van der Waals surface area contributed by atoms with Gasteiger partial charge < -0.3 is 13.8 Å². The van der Waals surface area contributed by atoms with E-state index < -0.39 is 30.8 Å². The summed E-state index contributed by atoms with van der Waals surface area (Å²) < 4.78 is 53.9. The van der Waals surface area contributed by atoms with E-state index in [1.165, 1.54) is 6.66 Å². The van der Waals surface area contributed by atoms with Crippen LogP contribution in [0.15, 0.2) is 17.9 Å². The van der Waals surface area contributed by atoms with Gasteiger partial charge in [0.15, 0.2) is 18.0 Å². The number of ether oxygens (including phenoxy) is 1. The van der Waals surface area contributed by atoms with Gasteiger partial charge in [-0.05, 0) is 67.7 Å². The first kappa shape index (κ1) is 23.9. The molecular weight excluding hydrogens is 424 g/mol. The molecule has 0 aliphatic carbocycles. The summed E-state index contributed by atoms with van der Waals surface area (Å²) in [5.41, 5.74) is 2.65. The first-order chi connectivity index (χ1) is 13.2. The summed E-state index contributed by atoms with van der Waals surface area (Å²) in [6, 6.07) is 4.01. The minimum Gasteiger partial charge on any atom is -0.448 e. The van der Waals surface area contributed by atoms with Gasteiger partial charge in [0.2, 0.25) is 6.49 Å². The Morgan fingerprint density at radius 3 is 2.34 bits per heavy atom. The summed E-state index contributed by atoms with van der Waals surface area (Å²) in [4.78, 5) is 12.8. The van der Waals surface area contributed by atoms with Gasteiger partial charge in [-0.15, -0.1) is 0 Å². The molecule has 1 aromatic carbocycles. The Labute approximate surface area is 174 Å². The molecule has 0 amide bonds. The molecule has 162 valence electrons. The molecule has 0 aromatic heterocycles.